The third kappa shape index (κ3) is 5.06. The molecule has 6 rings (SSSR count). The summed E-state index contributed by atoms with van der Waals surface area (Å²) in [5.41, 5.74) is 6.59. The molecule has 0 spiro atoms. The zero-order valence-corrected chi connectivity index (χ0v) is 23.3. The summed E-state index contributed by atoms with van der Waals surface area (Å²) >= 11 is 1.61. The first-order valence-electron chi connectivity index (χ1n) is 13.4. The number of halogens is 4. The van der Waals surface area contributed by atoms with Gasteiger partial charge < -0.3 is 0 Å². The summed E-state index contributed by atoms with van der Waals surface area (Å²) in [7, 11) is 0. The molecule has 6 heteroatoms. The molecule has 0 fully saturated rings. The summed E-state index contributed by atoms with van der Waals surface area (Å²) in [6, 6.07) is 21.3. The number of allylic oxidation sites excluding steroid dienone is 4. The van der Waals surface area contributed by atoms with Crippen molar-refractivity contribution < 1.29 is 22.4 Å². The summed E-state index contributed by atoms with van der Waals surface area (Å²) in [5, 5.41) is 0. The molecule has 2 aliphatic rings. The second-order valence-electron chi connectivity index (χ2n) is 10.6. The van der Waals surface area contributed by atoms with Crippen LogP contribution in [0.15, 0.2) is 95.4 Å². The smallest absolute Gasteiger partial charge is 0.159 e. The number of benzene rings is 4. The standard InChI is InChI=1S/C35H26F4OS/c1-19-33-27(7-4-8-32(33)41-18-21-5-3-6-23(13-21)20(2)40)28-14-24(22-9-11-25(36)12-10-22)15-29(28)34(19)35-30(38)16-26(37)17-31(35)39/h3-13,15-17,19,28H,14,18H2,1-2H3. The van der Waals surface area contributed by atoms with Gasteiger partial charge in [-0.3, -0.25) is 4.79 Å². The molecular formula is C35H26F4OS. The number of thioether (sulfide) groups is 1. The van der Waals surface area contributed by atoms with Crippen LogP contribution >= 0.6 is 11.8 Å². The summed E-state index contributed by atoms with van der Waals surface area (Å²) in [6.07, 6.45) is 2.55. The quantitative estimate of drug-likeness (QED) is 0.130. The van der Waals surface area contributed by atoms with Crippen molar-refractivity contribution in [2.75, 3.05) is 0 Å². The van der Waals surface area contributed by atoms with E-state index in [9.17, 15) is 13.6 Å². The number of Topliss-reactive ketones (excluding diaryl/α,β-unsaturated/α-hetero) is 1. The minimum Gasteiger partial charge on any atom is -0.295 e. The SMILES string of the molecule is CC(=O)c1cccc(CSc2cccc3c2C(C)C(c2c(F)cc(F)cc2F)=C2C=C(c4ccc(F)cc4)CC23)c1. The third-order valence-corrected chi connectivity index (χ3v) is 9.15. The Labute approximate surface area is 240 Å². The number of ketones is 1. The van der Waals surface area contributed by atoms with Crippen LogP contribution in [0.25, 0.3) is 11.1 Å². The second kappa shape index (κ2) is 10.8. The molecule has 206 valence electrons. The van der Waals surface area contributed by atoms with E-state index in [1.807, 2.05) is 43.3 Å². The van der Waals surface area contributed by atoms with E-state index in [0.717, 1.165) is 50.4 Å². The van der Waals surface area contributed by atoms with Gasteiger partial charge in [0.25, 0.3) is 0 Å². The van der Waals surface area contributed by atoms with Crippen molar-refractivity contribution in [3.8, 4) is 0 Å². The number of carbonyl (C=O) groups excluding carboxylic acids is 1. The van der Waals surface area contributed by atoms with Gasteiger partial charge in [-0.25, -0.2) is 17.6 Å². The number of carbonyl (C=O) groups is 1. The summed E-state index contributed by atoms with van der Waals surface area (Å²) in [4.78, 5) is 12.9. The normalized spacial score (nSPS) is 17.8. The molecule has 4 aromatic carbocycles. The topological polar surface area (TPSA) is 17.1 Å². The zero-order valence-electron chi connectivity index (χ0n) is 22.5. The molecule has 0 heterocycles. The number of hydrogen-bond acceptors (Lipinski definition) is 2. The maximum Gasteiger partial charge on any atom is 0.159 e. The molecule has 2 aliphatic carbocycles. The first-order valence-corrected chi connectivity index (χ1v) is 14.4. The van der Waals surface area contributed by atoms with Gasteiger partial charge in [-0.1, -0.05) is 55.5 Å². The van der Waals surface area contributed by atoms with Gasteiger partial charge >= 0.3 is 0 Å². The molecule has 1 nitrogen and oxygen atoms in total. The van der Waals surface area contributed by atoms with E-state index in [4.69, 9.17) is 0 Å². The Balaban J connectivity index is 1.47. The predicted octanol–water partition coefficient (Wildman–Crippen LogP) is 9.88. The molecule has 0 aromatic heterocycles. The number of fused-ring (bicyclic) bond motifs is 3. The van der Waals surface area contributed by atoms with Gasteiger partial charge in [-0.2, -0.15) is 0 Å². The fourth-order valence-electron chi connectivity index (χ4n) is 6.14. The first kappa shape index (κ1) is 27.3. The van der Waals surface area contributed by atoms with Crippen LogP contribution in [0.2, 0.25) is 0 Å². The Bertz CT molecular complexity index is 1730. The Morgan fingerprint density at radius 1 is 0.878 bits per heavy atom. The van der Waals surface area contributed by atoms with E-state index >= 15 is 8.78 Å². The number of hydrogen-bond donors (Lipinski definition) is 0. The summed E-state index contributed by atoms with van der Waals surface area (Å²) in [5.74, 6) is -3.12. The fourth-order valence-corrected chi connectivity index (χ4v) is 7.26. The van der Waals surface area contributed by atoms with E-state index in [1.54, 1.807) is 30.0 Å². The molecule has 0 saturated carbocycles. The molecule has 2 unspecified atom stereocenters. The summed E-state index contributed by atoms with van der Waals surface area (Å²) < 4.78 is 58.3. The molecule has 0 aliphatic heterocycles. The lowest BCUT2D eigenvalue weighted by Crippen LogP contribution is -2.17. The van der Waals surface area contributed by atoms with Crippen molar-refractivity contribution >= 4 is 28.7 Å². The van der Waals surface area contributed by atoms with Gasteiger partial charge in [0.1, 0.15) is 23.3 Å². The van der Waals surface area contributed by atoms with Crippen LogP contribution in [-0.4, -0.2) is 5.78 Å². The molecule has 2 atom stereocenters. The number of rotatable bonds is 6. The maximum atomic E-state index is 15.3. The van der Waals surface area contributed by atoms with Crippen LogP contribution in [0.5, 0.6) is 0 Å². The molecule has 0 radical (unpaired) electrons. The third-order valence-electron chi connectivity index (χ3n) is 8.00. The Hall–Kier alpha value is -3.90. The highest BCUT2D eigenvalue weighted by Gasteiger charge is 2.39. The van der Waals surface area contributed by atoms with Crippen LogP contribution in [0.3, 0.4) is 0 Å². The fraction of sp³-hybridized carbons (Fsp3) is 0.171. The molecule has 0 bridgehead atoms. The minimum atomic E-state index is -0.965. The van der Waals surface area contributed by atoms with Crippen molar-refractivity contribution in [1.82, 2.24) is 0 Å². The van der Waals surface area contributed by atoms with Crippen molar-refractivity contribution in [2.45, 2.75) is 42.8 Å². The van der Waals surface area contributed by atoms with E-state index in [0.29, 0.717) is 23.3 Å². The van der Waals surface area contributed by atoms with Crippen LogP contribution in [0, 0.1) is 23.3 Å². The predicted molar refractivity (Wildman–Crippen MR) is 156 cm³/mol. The van der Waals surface area contributed by atoms with Crippen molar-refractivity contribution in [3.05, 3.63) is 147 Å². The van der Waals surface area contributed by atoms with Gasteiger partial charge in [0.2, 0.25) is 0 Å². The van der Waals surface area contributed by atoms with Gasteiger partial charge in [-0.15, -0.1) is 11.8 Å². The van der Waals surface area contributed by atoms with Crippen LogP contribution < -0.4 is 0 Å². The Kier molecular flexibility index (Phi) is 7.20. The van der Waals surface area contributed by atoms with E-state index in [-0.39, 0.29) is 29.0 Å². The van der Waals surface area contributed by atoms with E-state index < -0.39 is 17.5 Å². The Morgan fingerprint density at radius 2 is 1.59 bits per heavy atom. The molecule has 4 aromatic rings. The van der Waals surface area contributed by atoms with Crippen LogP contribution in [0.4, 0.5) is 17.6 Å². The molecule has 0 saturated heterocycles. The highest BCUT2D eigenvalue weighted by atomic mass is 32.2. The minimum absolute atomic E-state index is 0.00101. The lowest BCUT2D eigenvalue weighted by Gasteiger charge is -2.34. The van der Waals surface area contributed by atoms with Crippen LogP contribution in [-0.2, 0) is 5.75 Å². The lowest BCUT2D eigenvalue weighted by molar-refractivity contribution is 0.101. The molecule has 41 heavy (non-hydrogen) atoms. The second-order valence-corrected chi connectivity index (χ2v) is 11.6. The van der Waals surface area contributed by atoms with Crippen molar-refractivity contribution in [3.63, 3.8) is 0 Å². The highest BCUT2D eigenvalue weighted by molar-refractivity contribution is 7.98. The highest BCUT2D eigenvalue weighted by Crippen LogP contribution is 2.56. The first-order chi connectivity index (χ1) is 19.7. The van der Waals surface area contributed by atoms with Gasteiger partial charge in [0.15, 0.2) is 5.78 Å². The van der Waals surface area contributed by atoms with E-state index in [1.165, 1.54) is 19.1 Å². The van der Waals surface area contributed by atoms with E-state index in [2.05, 4.69) is 6.07 Å². The van der Waals surface area contributed by atoms with Crippen molar-refractivity contribution in [1.29, 1.82) is 0 Å². The van der Waals surface area contributed by atoms with Gasteiger partial charge in [0, 0.05) is 40.2 Å². The maximum absolute atomic E-state index is 15.3. The van der Waals surface area contributed by atoms with Gasteiger partial charge in [-0.05, 0) is 76.6 Å². The molecular weight excluding hydrogens is 544 g/mol. The monoisotopic (exact) mass is 570 g/mol. The van der Waals surface area contributed by atoms with Crippen LogP contribution in [0.1, 0.15) is 70.3 Å². The Morgan fingerprint density at radius 3 is 2.29 bits per heavy atom. The largest absolute Gasteiger partial charge is 0.295 e. The lowest BCUT2D eigenvalue weighted by atomic mass is 9.71. The average molecular weight is 571 g/mol. The summed E-state index contributed by atoms with van der Waals surface area (Å²) in [6.45, 7) is 3.47. The average Bonchev–Trinajstić information content (AvgIpc) is 3.39. The zero-order chi connectivity index (χ0) is 28.8. The molecule has 0 N–H and O–H groups in total. The molecule has 0 amide bonds. The van der Waals surface area contributed by atoms with Crippen molar-refractivity contribution in [2.24, 2.45) is 0 Å². The van der Waals surface area contributed by atoms with Gasteiger partial charge in [0.05, 0.1) is 5.56 Å².